The van der Waals surface area contributed by atoms with Crippen molar-refractivity contribution in [2.45, 2.75) is 33.4 Å². The van der Waals surface area contributed by atoms with E-state index in [1.165, 1.54) is 17.0 Å². The third-order valence-electron chi connectivity index (χ3n) is 5.52. The van der Waals surface area contributed by atoms with Crippen LogP contribution in [0.3, 0.4) is 0 Å². The lowest BCUT2D eigenvalue weighted by atomic mass is 10.2. The number of thiophene rings is 1. The molecule has 186 valence electrons. The number of anilines is 1. The van der Waals surface area contributed by atoms with Crippen LogP contribution in [0.4, 0.5) is 14.9 Å². The number of para-hydroxylation sites is 1. The fraction of sp³-hybridized carbons (Fsp3) is 0.333. The largest absolute Gasteiger partial charge is 0.382 e. The molecule has 3 amide bonds. The third-order valence-corrected chi connectivity index (χ3v) is 6.53. The van der Waals surface area contributed by atoms with Crippen molar-refractivity contribution in [1.29, 1.82) is 0 Å². The monoisotopic (exact) mass is 497 g/mol. The maximum Gasteiger partial charge on any atom is 0.322 e. The SMILES string of the molecule is CCOCCCN(CC(=O)N(Cc1ccccc1)Cc1sccc1C)C(=O)Nc1ccccc1F. The number of ether oxygens (including phenoxy) is 1. The van der Waals surface area contributed by atoms with E-state index in [1.807, 2.05) is 55.6 Å². The maximum absolute atomic E-state index is 14.1. The van der Waals surface area contributed by atoms with Gasteiger partial charge in [0.25, 0.3) is 0 Å². The van der Waals surface area contributed by atoms with Gasteiger partial charge in [0.2, 0.25) is 5.91 Å². The first kappa shape index (κ1) is 26.4. The number of urea groups is 1. The Kier molecular flexibility index (Phi) is 10.3. The smallest absolute Gasteiger partial charge is 0.322 e. The van der Waals surface area contributed by atoms with E-state index in [1.54, 1.807) is 28.4 Å². The fourth-order valence-corrected chi connectivity index (χ4v) is 4.47. The molecule has 0 unspecified atom stereocenters. The molecule has 3 aromatic rings. The predicted octanol–water partition coefficient (Wildman–Crippen LogP) is 5.69. The second-order valence-electron chi connectivity index (χ2n) is 8.14. The van der Waals surface area contributed by atoms with Crippen LogP contribution in [0.2, 0.25) is 0 Å². The molecule has 0 saturated carbocycles. The number of rotatable bonds is 12. The number of hydrogen-bond donors (Lipinski definition) is 1. The molecule has 0 fully saturated rings. The van der Waals surface area contributed by atoms with Crippen LogP contribution in [-0.2, 0) is 22.6 Å². The van der Waals surface area contributed by atoms with E-state index in [4.69, 9.17) is 4.74 Å². The quantitative estimate of drug-likeness (QED) is 0.327. The van der Waals surface area contributed by atoms with Crippen molar-refractivity contribution in [3.8, 4) is 0 Å². The van der Waals surface area contributed by atoms with Crippen LogP contribution in [0, 0.1) is 12.7 Å². The minimum Gasteiger partial charge on any atom is -0.382 e. The van der Waals surface area contributed by atoms with E-state index in [9.17, 15) is 14.0 Å². The van der Waals surface area contributed by atoms with Gasteiger partial charge in [-0.2, -0.15) is 0 Å². The van der Waals surface area contributed by atoms with Crippen molar-refractivity contribution in [2.24, 2.45) is 0 Å². The Bertz CT molecular complexity index is 1090. The molecule has 35 heavy (non-hydrogen) atoms. The number of carbonyl (C=O) groups is 2. The first-order valence-electron chi connectivity index (χ1n) is 11.7. The van der Waals surface area contributed by atoms with Gasteiger partial charge in [0, 0.05) is 31.2 Å². The average Bonchev–Trinajstić information content (AvgIpc) is 3.26. The highest BCUT2D eigenvalue weighted by molar-refractivity contribution is 7.10. The lowest BCUT2D eigenvalue weighted by Crippen LogP contribution is -2.44. The molecule has 8 heteroatoms. The Morgan fingerprint density at radius 2 is 1.74 bits per heavy atom. The molecule has 1 aromatic heterocycles. The van der Waals surface area contributed by atoms with Crippen molar-refractivity contribution in [3.63, 3.8) is 0 Å². The molecule has 0 spiro atoms. The Morgan fingerprint density at radius 1 is 1.00 bits per heavy atom. The molecule has 2 aromatic carbocycles. The summed E-state index contributed by atoms with van der Waals surface area (Å²) in [5.41, 5.74) is 2.22. The van der Waals surface area contributed by atoms with Gasteiger partial charge in [0.05, 0.1) is 12.2 Å². The molecule has 1 N–H and O–H groups in total. The minimum absolute atomic E-state index is 0.0788. The molecule has 0 aliphatic rings. The van der Waals surface area contributed by atoms with Crippen LogP contribution in [0.15, 0.2) is 66.0 Å². The normalized spacial score (nSPS) is 10.7. The summed E-state index contributed by atoms with van der Waals surface area (Å²) in [6.07, 6.45) is 0.564. The summed E-state index contributed by atoms with van der Waals surface area (Å²) in [6, 6.07) is 17.3. The number of hydrogen-bond acceptors (Lipinski definition) is 4. The van der Waals surface area contributed by atoms with Crippen LogP contribution < -0.4 is 5.32 Å². The Morgan fingerprint density at radius 3 is 2.43 bits per heavy atom. The van der Waals surface area contributed by atoms with Gasteiger partial charge in [-0.15, -0.1) is 11.3 Å². The number of nitrogens with zero attached hydrogens (tertiary/aromatic N) is 2. The van der Waals surface area contributed by atoms with Crippen molar-refractivity contribution in [2.75, 3.05) is 31.6 Å². The summed E-state index contributed by atoms with van der Waals surface area (Å²) in [6.45, 7) is 6.05. The molecular formula is C27H32FN3O3S. The van der Waals surface area contributed by atoms with Gasteiger partial charge < -0.3 is 19.9 Å². The maximum atomic E-state index is 14.1. The van der Waals surface area contributed by atoms with E-state index in [2.05, 4.69) is 5.32 Å². The molecule has 0 atom stereocenters. The zero-order valence-corrected chi connectivity index (χ0v) is 21.0. The van der Waals surface area contributed by atoms with Crippen LogP contribution in [0.25, 0.3) is 0 Å². The molecule has 1 heterocycles. The summed E-state index contributed by atoms with van der Waals surface area (Å²) >= 11 is 1.61. The van der Waals surface area contributed by atoms with Gasteiger partial charge >= 0.3 is 6.03 Å². The Balaban J connectivity index is 1.76. The summed E-state index contributed by atoms with van der Waals surface area (Å²) in [4.78, 5) is 30.9. The molecule has 0 radical (unpaired) electrons. The van der Waals surface area contributed by atoms with E-state index in [0.29, 0.717) is 39.3 Å². The van der Waals surface area contributed by atoms with Crippen molar-refractivity contribution in [1.82, 2.24) is 9.80 Å². The Labute approximate surface area is 210 Å². The lowest BCUT2D eigenvalue weighted by Gasteiger charge is -2.28. The highest BCUT2D eigenvalue weighted by Gasteiger charge is 2.23. The highest BCUT2D eigenvalue weighted by atomic mass is 32.1. The van der Waals surface area contributed by atoms with Crippen LogP contribution in [0.1, 0.15) is 29.3 Å². The summed E-state index contributed by atoms with van der Waals surface area (Å²) in [5, 5.41) is 4.61. The van der Waals surface area contributed by atoms with Crippen molar-refractivity contribution in [3.05, 3.63) is 87.9 Å². The second kappa shape index (κ2) is 13.6. The van der Waals surface area contributed by atoms with Gasteiger partial charge in [-0.3, -0.25) is 4.79 Å². The number of halogens is 1. The van der Waals surface area contributed by atoms with Gasteiger partial charge in [-0.25, -0.2) is 9.18 Å². The molecule has 0 aliphatic carbocycles. The first-order valence-corrected chi connectivity index (χ1v) is 12.6. The number of nitrogens with one attached hydrogen (secondary N) is 1. The van der Waals surface area contributed by atoms with Crippen LogP contribution in [-0.4, -0.2) is 48.0 Å². The van der Waals surface area contributed by atoms with E-state index < -0.39 is 11.8 Å². The predicted molar refractivity (Wildman–Crippen MR) is 138 cm³/mol. The van der Waals surface area contributed by atoms with Crippen LogP contribution in [0.5, 0.6) is 0 Å². The standard InChI is InChI=1S/C27H32FN3O3S/c1-3-34-16-9-15-30(27(33)29-24-13-8-7-12-23(24)28)20-26(32)31(18-22-10-5-4-6-11-22)19-25-21(2)14-17-35-25/h4-8,10-14,17H,3,9,15-16,18-20H2,1-2H3,(H,29,33). The first-order chi connectivity index (χ1) is 17.0. The zero-order valence-electron chi connectivity index (χ0n) is 20.2. The molecular weight excluding hydrogens is 465 g/mol. The lowest BCUT2D eigenvalue weighted by molar-refractivity contribution is -0.133. The molecule has 3 rings (SSSR count). The van der Waals surface area contributed by atoms with Gasteiger partial charge in [-0.05, 0) is 55.0 Å². The topological polar surface area (TPSA) is 61.9 Å². The summed E-state index contributed by atoms with van der Waals surface area (Å²) < 4.78 is 19.5. The second-order valence-corrected chi connectivity index (χ2v) is 9.14. The number of aryl methyl sites for hydroxylation is 1. The molecule has 0 saturated heterocycles. The zero-order chi connectivity index (χ0) is 25.0. The van der Waals surface area contributed by atoms with Gasteiger partial charge in [0.1, 0.15) is 12.4 Å². The molecule has 0 aliphatic heterocycles. The van der Waals surface area contributed by atoms with Gasteiger partial charge in [-0.1, -0.05) is 42.5 Å². The number of benzene rings is 2. The fourth-order valence-electron chi connectivity index (χ4n) is 3.55. The van der Waals surface area contributed by atoms with Crippen molar-refractivity contribution >= 4 is 29.0 Å². The Hall–Kier alpha value is -3.23. The van der Waals surface area contributed by atoms with E-state index in [0.717, 1.165) is 16.0 Å². The van der Waals surface area contributed by atoms with E-state index in [-0.39, 0.29) is 18.1 Å². The average molecular weight is 498 g/mol. The minimum atomic E-state index is -0.527. The van der Waals surface area contributed by atoms with Gasteiger partial charge in [0.15, 0.2) is 0 Å². The number of amides is 3. The highest BCUT2D eigenvalue weighted by Crippen LogP contribution is 2.20. The van der Waals surface area contributed by atoms with Crippen molar-refractivity contribution < 1.29 is 18.7 Å². The summed E-state index contributed by atoms with van der Waals surface area (Å²) in [5.74, 6) is -0.706. The molecule has 6 nitrogen and oxygen atoms in total. The van der Waals surface area contributed by atoms with E-state index >= 15 is 0 Å². The third kappa shape index (κ3) is 8.19. The molecule has 0 bridgehead atoms. The summed E-state index contributed by atoms with van der Waals surface area (Å²) in [7, 11) is 0. The number of carbonyl (C=O) groups excluding carboxylic acids is 2. The van der Waals surface area contributed by atoms with Crippen LogP contribution >= 0.6 is 11.3 Å².